The van der Waals surface area contributed by atoms with E-state index >= 15 is 0 Å². The molecule has 0 aliphatic heterocycles. The van der Waals surface area contributed by atoms with Gasteiger partial charge < -0.3 is 5.11 Å². The van der Waals surface area contributed by atoms with E-state index in [0.29, 0.717) is 0 Å². The topological polar surface area (TPSA) is 37.3 Å². The number of aliphatic carboxylic acids is 1. The molecule has 0 amide bonds. The van der Waals surface area contributed by atoms with E-state index in [1.165, 1.54) is 11.1 Å². The van der Waals surface area contributed by atoms with Gasteiger partial charge in [-0.15, -0.1) is 0 Å². The molecular formula is C14H18O2. The van der Waals surface area contributed by atoms with Gasteiger partial charge in [-0.3, -0.25) is 4.79 Å². The lowest BCUT2D eigenvalue weighted by molar-refractivity contribution is -0.138. The summed E-state index contributed by atoms with van der Waals surface area (Å²) in [6.07, 6.45) is 4.61. The van der Waals surface area contributed by atoms with Crippen molar-refractivity contribution < 1.29 is 9.90 Å². The maximum atomic E-state index is 11.0. The molecule has 1 saturated carbocycles. The van der Waals surface area contributed by atoms with Gasteiger partial charge in [-0.25, -0.2) is 0 Å². The molecule has 16 heavy (non-hydrogen) atoms. The van der Waals surface area contributed by atoms with Crippen molar-refractivity contribution in [3.63, 3.8) is 0 Å². The molecule has 1 N–H and O–H groups in total. The highest BCUT2D eigenvalue weighted by molar-refractivity contribution is 5.69. The number of hydrogen-bond acceptors (Lipinski definition) is 1. The van der Waals surface area contributed by atoms with Crippen LogP contribution in [0.3, 0.4) is 0 Å². The zero-order valence-electron chi connectivity index (χ0n) is 9.70. The van der Waals surface area contributed by atoms with Crippen molar-refractivity contribution in [3.8, 4) is 0 Å². The van der Waals surface area contributed by atoms with E-state index in [4.69, 9.17) is 5.11 Å². The lowest BCUT2D eigenvalue weighted by Crippen LogP contribution is -2.25. The van der Waals surface area contributed by atoms with Gasteiger partial charge in [-0.2, -0.15) is 0 Å². The Morgan fingerprint density at radius 3 is 2.31 bits per heavy atom. The molecule has 0 unspecified atom stereocenters. The lowest BCUT2D eigenvalue weighted by atomic mass is 9.76. The summed E-state index contributed by atoms with van der Waals surface area (Å²) in [6.45, 7) is 2.06. The van der Waals surface area contributed by atoms with E-state index in [0.717, 1.165) is 25.7 Å². The van der Waals surface area contributed by atoms with Gasteiger partial charge in [0.2, 0.25) is 0 Å². The highest BCUT2D eigenvalue weighted by Gasteiger charge is 2.37. The average molecular weight is 218 g/mol. The number of carboxylic acid groups (broad SMARTS) is 1. The van der Waals surface area contributed by atoms with Gasteiger partial charge in [0.1, 0.15) is 0 Å². The van der Waals surface area contributed by atoms with Crippen molar-refractivity contribution in [1.29, 1.82) is 0 Å². The fourth-order valence-corrected chi connectivity index (χ4v) is 2.82. The first-order chi connectivity index (χ1) is 7.62. The summed E-state index contributed by atoms with van der Waals surface area (Å²) < 4.78 is 0. The zero-order chi connectivity index (χ0) is 11.6. The minimum absolute atomic E-state index is 0.0977. The van der Waals surface area contributed by atoms with Crippen LogP contribution in [0, 0.1) is 6.92 Å². The summed E-state index contributed by atoms with van der Waals surface area (Å²) >= 11 is 0. The Bertz CT molecular complexity index is 372. The lowest BCUT2D eigenvalue weighted by Gasteiger charge is -2.27. The Hall–Kier alpha value is -1.31. The maximum Gasteiger partial charge on any atom is 0.304 e. The van der Waals surface area contributed by atoms with Gasteiger partial charge in [0.05, 0.1) is 6.42 Å². The van der Waals surface area contributed by atoms with Crippen LogP contribution in [0.4, 0.5) is 0 Å². The van der Waals surface area contributed by atoms with Gasteiger partial charge >= 0.3 is 5.97 Å². The molecule has 1 aliphatic rings. The van der Waals surface area contributed by atoms with E-state index in [-0.39, 0.29) is 11.8 Å². The molecule has 0 saturated heterocycles. The van der Waals surface area contributed by atoms with Crippen molar-refractivity contribution in [3.05, 3.63) is 35.4 Å². The van der Waals surface area contributed by atoms with Crippen molar-refractivity contribution >= 4 is 5.97 Å². The summed E-state index contributed by atoms with van der Waals surface area (Å²) in [4.78, 5) is 11.0. The fraction of sp³-hybridized carbons (Fsp3) is 0.500. The standard InChI is InChI=1S/C14H18O2/c1-11-4-6-12(7-5-11)14(10-13(15)16)8-2-3-9-14/h4-7H,2-3,8-10H2,1H3,(H,15,16). The number of carboxylic acids is 1. The Kier molecular flexibility index (Phi) is 2.99. The second-order valence-corrected chi connectivity index (χ2v) is 4.92. The number of hydrogen-bond donors (Lipinski definition) is 1. The van der Waals surface area contributed by atoms with Gasteiger partial charge in [-0.1, -0.05) is 42.7 Å². The quantitative estimate of drug-likeness (QED) is 0.845. The first kappa shape index (κ1) is 11.2. The molecule has 2 rings (SSSR count). The second kappa shape index (κ2) is 4.28. The SMILES string of the molecule is Cc1ccc(C2(CC(=O)O)CCCC2)cc1. The van der Waals surface area contributed by atoms with Crippen LogP contribution in [0.15, 0.2) is 24.3 Å². The minimum atomic E-state index is -0.678. The van der Waals surface area contributed by atoms with Gasteiger partial charge in [0, 0.05) is 5.41 Å². The van der Waals surface area contributed by atoms with Crippen LogP contribution in [-0.2, 0) is 10.2 Å². The third kappa shape index (κ3) is 2.11. The Morgan fingerprint density at radius 1 is 1.25 bits per heavy atom. The second-order valence-electron chi connectivity index (χ2n) is 4.92. The molecule has 0 aromatic heterocycles. The first-order valence-corrected chi connectivity index (χ1v) is 5.91. The largest absolute Gasteiger partial charge is 0.481 e. The summed E-state index contributed by atoms with van der Waals surface area (Å²) in [5.74, 6) is -0.678. The van der Waals surface area contributed by atoms with Crippen LogP contribution < -0.4 is 0 Å². The maximum absolute atomic E-state index is 11.0. The summed E-state index contributed by atoms with van der Waals surface area (Å²) in [6, 6.07) is 8.36. The van der Waals surface area contributed by atoms with Crippen LogP contribution in [0.1, 0.15) is 43.2 Å². The average Bonchev–Trinajstić information content (AvgIpc) is 2.67. The summed E-state index contributed by atoms with van der Waals surface area (Å²) in [5, 5.41) is 9.06. The predicted molar refractivity (Wildman–Crippen MR) is 63.6 cm³/mol. The van der Waals surface area contributed by atoms with Gasteiger partial charge in [0.15, 0.2) is 0 Å². The van der Waals surface area contributed by atoms with Gasteiger partial charge in [-0.05, 0) is 25.3 Å². The Morgan fingerprint density at radius 2 is 1.81 bits per heavy atom. The highest BCUT2D eigenvalue weighted by atomic mass is 16.4. The van der Waals surface area contributed by atoms with Crippen LogP contribution in [-0.4, -0.2) is 11.1 Å². The molecule has 1 aromatic carbocycles. The fourth-order valence-electron chi connectivity index (χ4n) is 2.82. The van der Waals surface area contributed by atoms with Crippen molar-refractivity contribution in [1.82, 2.24) is 0 Å². The molecule has 86 valence electrons. The number of rotatable bonds is 3. The summed E-state index contributed by atoms with van der Waals surface area (Å²) in [7, 11) is 0. The van der Waals surface area contributed by atoms with Crippen LogP contribution in [0.25, 0.3) is 0 Å². The molecule has 1 aromatic rings. The molecule has 0 radical (unpaired) electrons. The van der Waals surface area contributed by atoms with E-state index in [1.807, 2.05) is 0 Å². The van der Waals surface area contributed by atoms with E-state index in [9.17, 15) is 4.79 Å². The Labute approximate surface area is 96.3 Å². The van der Waals surface area contributed by atoms with Crippen molar-refractivity contribution in [2.24, 2.45) is 0 Å². The van der Waals surface area contributed by atoms with Crippen LogP contribution in [0.2, 0.25) is 0 Å². The number of aryl methyl sites for hydroxylation is 1. The number of carbonyl (C=O) groups is 1. The molecular weight excluding hydrogens is 200 g/mol. The molecule has 0 atom stereocenters. The minimum Gasteiger partial charge on any atom is -0.481 e. The third-order valence-electron chi connectivity index (χ3n) is 3.71. The highest BCUT2D eigenvalue weighted by Crippen LogP contribution is 2.43. The molecule has 0 spiro atoms. The Balaban J connectivity index is 2.31. The van der Waals surface area contributed by atoms with E-state index in [1.54, 1.807) is 0 Å². The molecule has 0 bridgehead atoms. The monoisotopic (exact) mass is 218 g/mol. The van der Waals surface area contributed by atoms with E-state index < -0.39 is 5.97 Å². The molecule has 1 aliphatic carbocycles. The zero-order valence-corrected chi connectivity index (χ0v) is 9.70. The molecule has 1 fully saturated rings. The molecule has 2 nitrogen and oxygen atoms in total. The number of benzene rings is 1. The smallest absolute Gasteiger partial charge is 0.304 e. The van der Waals surface area contributed by atoms with Crippen LogP contribution >= 0.6 is 0 Å². The van der Waals surface area contributed by atoms with Gasteiger partial charge in [0.25, 0.3) is 0 Å². The van der Waals surface area contributed by atoms with Crippen molar-refractivity contribution in [2.75, 3.05) is 0 Å². The third-order valence-corrected chi connectivity index (χ3v) is 3.71. The molecule has 2 heteroatoms. The van der Waals surface area contributed by atoms with E-state index in [2.05, 4.69) is 31.2 Å². The summed E-state index contributed by atoms with van der Waals surface area (Å²) in [5.41, 5.74) is 2.34. The van der Waals surface area contributed by atoms with Crippen LogP contribution in [0.5, 0.6) is 0 Å². The normalized spacial score (nSPS) is 18.6. The molecule has 0 heterocycles. The first-order valence-electron chi connectivity index (χ1n) is 5.91. The predicted octanol–water partition coefficient (Wildman–Crippen LogP) is 3.28. The van der Waals surface area contributed by atoms with Crippen molar-refractivity contribution in [2.45, 2.75) is 44.4 Å².